The van der Waals surface area contributed by atoms with Gasteiger partial charge in [-0.25, -0.2) is 4.79 Å². The molecular weight excluding hydrogens is 544 g/mol. The fraction of sp³-hybridized carbons (Fsp3) is 0.448. The van der Waals surface area contributed by atoms with Crippen LogP contribution in [0.5, 0.6) is 0 Å². The molecule has 2 aliphatic rings. The lowest BCUT2D eigenvalue weighted by molar-refractivity contribution is -0.157. The maximum Gasteiger partial charge on any atom is 0.414 e. The molecule has 13 heteroatoms. The number of piperazine rings is 1. The molecule has 0 N–H and O–H groups in total. The highest BCUT2D eigenvalue weighted by Gasteiger charge is 2.36. The zero-order chi connectivity index (χ0) is 29.5. The van der Waals surface area contributed by atoms with Crippen LogP contribution in [0.15, 0.2) is 53.3 Å². The lowest BCUT2D eigenvalue weighted by atomic mass is 10.1. The summed E-state index contributed by atoms with van der Waals surface area (Å²) in [4.78, 5) is 51.6. The molecule has 3 aromatic rings. The Morgan fingerprint density at radius 2 is 1.79 bits per heavy atom. The number of pyridine rings is 1. The molecule has 42 heavy (non-hydrogen) atoms. The fourth-order valence-corrected chi connectivity index (χ4v) is 5.09. The third-order valence-electron chi connectivity index (χ3n) is 7.18. The summed E-state index contributed by atoms with van der Waals surface area (Å²) in [5.74, 6) is -0.0207. The molecule has 4 heterocycles. The minimum Gasteiger partial charge on any atom is -0.466 e. The predicted octanol–water partition coefficient (Wildman–Crippen LogP) is 2.63. The summed E-state index contributed by atoms with van der Waals surface area (Å²) < 4.78 is 21.3. The van der Waals surface area contributed by atoms with Gasteiger partial charge in [0.2, 0.25) is 5.82 Å². The Hall–Kier alpha value is -4.36. The number of hydrogen-bond donors (Lipinski definition) is 0. The molecule has 2 unspecified atom stereocenters. The van der Waals surface area contributed by atoms with Gasteiger partial charge in [0, 0.05) is 56.4 Å². The summed E-state index contributed by atoms with van der Waals surface area (Å²) in [6.45, 7) is 7.44. The molecular formula is C29H34N6O7. The maximum atomic E-state index is 12.7. The van der Waals surface area contributed by atoms with E-state index in [0.717, 1.165) is 11.1 Å². The van der Waals surface area contributed by atoms with Crippen molar-refractivity contribution in [3.63, 3.8) is 0 Å². The van der Waals surface area contributed by atoms with E-state index in [1.807, 2.05) is 35.2 Å². The van der Waals surface area contributed by atoms with E-state index >= 15 is 0 Å². The Morgan fingerprint density at radius 3 is 2.48 bits per heavy atom. The molecule has 0 saturated carbocycles. The van der Waals surface area contributed by atoms with Crippen LogP contribution in [0.25, 0.3) is 22.8 Å². The first-order valence-corrected chi connectivity index (χ1v) is 14.1. The molecule has 0 spiro atoms. The topological polar surface area (TPSA) is 140 Å². The van der Waals surface area contributed by atoms with Crippen molar-refractivity contribution < 1.29 is 33.1 Å². The Labute approximate surface area is 243 Å². The Bertz CT molecular complexity index is 1360. The number of ether oxygens (including phenoxy) is 3. The van der Waals surface area contributed by atoms with E-state index in [2.05, 4.69) is 20.0 Å². The average Bonchev–Trinajstić information content (AvgIpc) is 3.64. The van der Waals surface area contributed by atoms with Gasteiger partial charge in [0.15, 0.2) is 0 Å². The first-order chi connectivity index (χ1) is 20.4. The molecule has 2 aromatic heterocycles. The molecule has 1 aromatic carbocycles. The summed E-state index contributed by atoms with van der Waals surface area (Å²) in [5, 5.41) is 4.06. The van der Waals surface area contributed by atoms with Gasteiger partial charge in [0.25, 0.3) is 5.89 Å². The van der Waals surface area contributed by atoms with Gasteiger partial charge in [-0.1, -0.05) is 5.16 Å². The zero-order valence-electron chi connectivity index (χ0n) is 23.7. The van der Waals surface area contributed by atoms with Crippen molar-refractivity contribution in [1.29, 1.82) is 0 Å². The van der Waals surface area contributed by atoms with Crippen LogP contribution in [-0.2, 0) is 23.8 Å². The quantitative estimate of drug-likeness (QED) is 0.244. The van der Waals surface area contributed by atoms with Crippen LogP contribution in [-0.4, -0.2) is 108 Å². The number of anilines is 1. The smallest absolute Gasteiger partial charge is 0.414 e. The molecule has 5 rings (SSSR count). The van der Waals surface area contributed by atoms with Crippen molar-refractivity contribution in [3.8, 4) is 22.8 Å². The Morgan fingerprint density at radius 1 is 1.02 bits per heavy atom. The Balaban J connectivity index is 1.14. The van der Waals surface area contributed by atoms with Crippen molar-refractivity contribution in [3.05, 3.63) is 48.8 Å². The minimum absolute atomic E-state index is 0.0426. The number of rotatable bonds is 11. The van der Waals surface area contributed by atoms with Crippen molar-refractivity contribution in [2.24, 2.45) is 0 Å². The highest BCUT2D eigenvalue weighted by atomic mass is 16.6. The highest BCUT2D eigenvalue weighted by molar-refractivity contribution is 5.90. The number of nitrogens with zero attached hydrogens (tertiary/aromatic N) is 6. The predicted molar refractivity (Wildman–Crippen MR) is 150 cm³/mol. The number of benzene rings is 1. The van der Waals surface area contributed by atoms with Crippen LogP contribution in [0.4, 0.5) is 10.5 Å². The van der Waals surface area contributed by atoms with Gasteiger partial charge in [0.1, 0.15) is 12.1 Å². The second kappa shape index (κ2) is 13.5. The van der Waals surface area contributed by atoms with Gasteiger partial charge in [-0.2, -0.15) is 4.98 Å². The minimum atomic E-state index is -0.677. The van der Waals surface area contributed by atoms with Crippen LogP contribution in [0, 0.1) is 0 Å². The molecule has 2 aliphatic heterocycles. The van der Waals surface area contributed by atoms with Crippen molar-refractivity contribution in [2.45, 2.75) is 32.4 Å². The highest BCUT2D eigenvalue weighted by Crippen LogP contribution is 2.27. The summed E-state index contributed by atoms with van der Waals surface area (Å²) in [6, 6.07) is 10.3. The third-order valence-corrected chi connectivity index (χ3v) is 7.18. The molecule has 2 saturated heterocycles. The monoisotopic (exact) mass is 578 g/mol. The molecule has 1 amide bonds. The van der Waals surface area contributed by atoms with E-state index in [1.54, 1.807) is 37.2 Å². The molecule has 0 radical (unpaired) electrons. The number of esters is 2. The number of carbonyl (C=O) groups is 3. The summed E-state index contributed by atoms with van der Waals surface area (Å²) in [6.07, 6.45) is 2.58. The van der Waals surface area contributed by atoms with E-state index in [1.165, 1.54) is 0 Å². The largest absolute Gasteiger partial charge is 0.466 e. The second-order valence-corrected chi connectivity index (χ2v) is 9.94. The van der Waals surface area contributed by atoms with E-state index in [0.29, 0.717) is 56.7 Å². The summed E-state index contributed by atoms with van der Waals surface area (Å²) >= 11 is 0. The average molecular weight is 579 g/mol. The van der Waals surface area contributed by atoms with E-state index in [9.17, 15) is 14.4 Å². The van der Waals surface area contributed by atoms with Gasteiger partial charge in [-0.05, 0) is 50.2 Å². The molecule has 0 aliphatic carbocycles. The number of carbonyl (C=O) groups excluding carboxylic acids is 3. The van der Waals surface area contributed by atoms with Crippen molar-refractivity contribution >= 4 is 23.7 Å². The number of cyclic esters (lactones) is 1. The fourth-order valence-electron chi connectivity index (χ4n) is 5.09. The van der Waals surface area contributed by atoms with E-state index < -0.39 is 24.1 Å². The third kappa shape index (κ3) is 6.92. The number of aromatic nitrogens is 3. The van der Waals surface area contributed by atoms with E-state index in [4.69, 9.17) is 18.7 Å². The van der Waals surface area contributed by atoms with Gasteiger partial charge < -0.3 is 18.7 Å². The van der Waals surface area contributed by atoms with Crippen molar-refractivity contribution in [2.75, 3.05) is 57.4 Å². The van der Waals surface area contributed by atoms with Crippen molar-refractivity contribution in [1.82, 2.24) is 24.9 Å². The van der Waals surface area contributed by atoms with Gasteiger partial charge in [-0.15, -0.1) is 0 Å². The molecule has 13 nitrogen and oxygen atoms in total. The standard InChI is InChI=1S/C29H34N6O7/c1-3-39-25(36)16-24(28(37)40-4-2)34-14-12-33(13-15-34)18-23-19-35(29(38)41-23)22-9-7-20(8-10-22)26-31-27(42-32-26)21-6-5-11-30-17-21/h5-11,17,23-24H,3-4,12-16,18-19H2,1-2H3. The molecule has 0 bridgehead atoms. The summed E-state index contributed by atoms with van der Waals surface area (Å²) in [7, 11) is 0. The first-order valence-electron chi connectivity index (χ1n) is 14.1. The van der Waals surface area contributed by atoms with Crippen LogP contribution < -0.4 is 4.90 Å². The van der Waals surface area contributed by atoms with Gasteiger partial charge in [0.05, 0.1) is 31.7 Å². The SMILES string of the molecule is CCOC(=O)CC(C(=O)OCC)N1CCN(CC2CN(c3ccc(-c4noc(-c5cccnc5)n4)cc3)C(=O)O2)CC1. The van der Waals surface area contributed by atoms with Crippen LogP contribution >= 0.6 is 0 Å². The molecule has 222 valence electrons. The van der Waals surface area contributed by atoms with Crippen LogP contribution in [0.2, 0.25) is 0 Å². The maximum absolute atomic E-state index is 12.7. The number of amides is 1. The van der Waals surface area contributed by atoms with Crippen LogP contribution in [0.3, 0.4) is 0 Å². The first kappa shape index (κ1) is 29.1. The van der Waals surface area contributed by atoms with Gasteiger partial charge in [-0.3, -0.25) is 29.3 Å². The van der Waals surface area contributed by atoms with Crippen LogP contribution in [0.1, 0.15) is 20.3 Å². The lowest BCUT2D eigenvalue weighted by Crippen LogP contribution is -2.54. The van der Waals surface area contributed by atoms with Gasteiger partial charge >= 0.3 is 18.0 Å². The molecule has 2 fully saturated rings. The Kier molecular flexibility index (Phi) is 9.39. The normalized spacial score (nSPS) is 18.5. The molecule has 2 atom stereocenters. The summed E-state index contributed by atoms with van der Waals surface area (Å²) in [5.41, 5.74) is 2.20. The second-order valence-electron chi connectivity index (χ2n) is 9.94. The van der Waals surface area contributed by atoms with E-state index in [-0.39, 0.29) is 25.7 Å². The lowest BCUT2D eigenvalue weighted by Gasteiger charge is -2.38. The zero-order valence-corrected chi connectivity index (χ0v) is 23.7. The number of hydrogen-bond acceptors (Lipinski definition) is 12.